The summed E-state index contributed by atoms with van der Waals surface area (Å²) in [6.07, 6.45) is 14.4. The molecule has 0 aromatic heterocycles. The van der Waals surface area contributed by atoms with E-state index < -0.39 is 18.4 Å². The molecule has 1 N–H and O–H groups in total. The summed E-state index contributed by atoms with van der Waals surface area (Å²) in [4.78, 5) is 4.83. The second kappa shape index (κ2) is 9.84. The number of nitrogens with zero attached hydrogens (tertiary/aromatic N) is 1. The molecule has 0 fully saturated rings. The summed E-state index contributed by atoms with van der Waals surface area (Å²) < 4.78 is 5.07. The molecular weight excluding hydrogens is 339 g/mol. The first-order chi connectivity index (χ1) is 9.29. The van der Waals surface area contributed by atoms with E-state index in [1.165, 1.54) is 51.8 Å². The van der Waals surface area contributed by atoms with Crippen molar-refractivity contribution in [3.8, 4) is 0 Å². The van der Waals surface area contributed by atoms with E-state index in [9.17, 15) is 0 Å². The van der Waals surface area contributed by atoms with Crippen LogP contribution in [0.5, 0.6) is 0 Å². The number of unbranched alkanes of at least 4 members (excludes halogenated alkanes) is 3. The van der Waals surface area contributed by atoms with Gasteiger partial charge in [0.25, 0.3) is 0 Å². The van der Waals surface area contributed by atoms with Gasteiger partial charge in [0.2, 0.25) is 0 Å². The van der Waals surface area contributed by atoms with Crippen molar-refractivity contribution in [2.75, 3.05) is 0 Å². The molecule has 1 rings (SSSR count). The molecule has 0 saturated heterocycles. The minimum atomic E-state index is -2.18. The van der Waals surface area contributed by atoms with Crippen LogP contribution in [0.1, 0.15) is 59.3 Å². The first-order valence-electron chi connectivity index (χ1n) is 8.23. The van der Waals surface area contributed by atoms with Gasteiger partial charge in [0.1, 0.15) is 0 Å². The van der Waals surface area contributed by atoms with Crippen LogP contribution in [-0.2, 0) is 0 Å². The van der Waals surface area contributed by atoms with E-state index in [0.29, 0.717) is 4.18 Å². The monoisotopic (exact) mass is 372 g/mol. The quantitative estimate of drug-likeness (QED) is 0.544. The van der Waals surface area contributed by atoms with Gasteiger partial charge in [-0.15, -0.1) is 0 Å². The Labute approximate surface area is 124 Å². The normalized spacial score (nSPS) is 18.6. The summed E-state index contributed by atoms with van der Waals surface area (Å²) in [5.74, 6) is 0. The van der Waals surface area contributed by atoms with Crippen molar-refractivity contribution in [1.29, 1.82) is 0 Å². The van der Waals surface area contributed by atoms with Crippen LogP contribution in [0.4, 0.5) is 0 Å². The fourth-order valence-corrected chi connectivity index (χ4v) is 19.0. The van der Waals surface area contributed by atoms with Crippen LogP contribution in [0.3, 0.4) is 0 Å². The molecule has 0 spiro atoms. The maximum absolute atomic E-state index is 4.83. The molecule has 2 nitrogen and oxygen atoms in total. The van der Waals surface area contributed by atoms with Gasteiger partial charge < -0.3 is 0 Å². The van der Waals surface area contributed by atoms with Crippen molar-refractivity contribution < 1.29 is 0 Å². The first kappa shape index (κ1) is 17.1. The summed E-state index contributed by atoms with van der Waals surface area (Å²) >= 11 is -2.18. The molecule has 0 saturated carbocycles. The number of rotatable bonds is 10. The van der Waals surface area contributed by atoms with Crippen LogP contribution < -0.4 is 5.32 Å². The Bertz CT molecular complexity index is 265. The van der Waals surface area contributed by atoms with Gasteiger partial charge in [-0.25, -0.2) is 0 Å². The topological polar surface area (TPSA) is 24.4 Å². The molecule has 0 aromatic rings. The molecule has 0 bridgehead atoms. The van der Waals surface area contributed by atoms with Gasteiger partial charge in [-0.1, -0.05) is 0 Å². The third kappa shape index (κ3) is 5.48. The van der Waals surface area contributed by atoms with Crippen LogP contribution >= 0.6 is 0 Å². The number of aliphatic imine (C=N–C) groups is 1. The van der Waals surface area contributed by atoms with Crippen LogP contribution in [0.25, 0.3) is 0 Å². The molecule has 1 aliphatic heterocycles. The van der Waals surface area contributed by atoms with Crippen LogP contribution in [0.2, 0.25) is 13.3 Å². The Morgan fingerprint density at radius 1 is 0.947 bits per heavy atom. The third-order valence-corrected chi connectivity index (χ3v) is 20.1. The van der Waals surface area contributed by atoms with Gasteiger partial charge in [-0.3, -0.25) is 0 Å². The summed E-state index contributed by atoms with van der Waals surface area (Å²) in [7, 11) is 0. The standard InChI is InChI=1S/C4H5N2.3C4H9.Sn/c1-2-5-4-6-3-1;3*1-3-4-2;/h1-5H;3*1,3-4H2,2H3;. The van der Waals surface area contributed by atoms with Crippen molar-refractivity contribution in [2.45, 2.75) is 76.8 Å². The zero-order valence-corrected chi connectivity index (χ0v) is 16.0. The molecule has 0 radical (unpaired) electrons. The fraction of sp³-hybridized carbons (Fsp3) is 0.812. The van der Waals surface area contributed by atoms with Crippen molar-refractivity contribution in [3.63, 3.8) is 0 Å². The zero-order valence-electron chi connectivity index (χ0n) is 13.1. The van der Waals surface area contributed by atoms with E-state index >= 15 is 0 Å². The predicted octanol–water partition coefficient (Wildman–Crippen LogP) is 4.89. The Balaban J connectivity index is 2.80. The van der Waals surface area contributed by atoms with Gasteiger partial charge in [0.15, 0.2) is 0 Å². The summed E-state index contributed by atoms with van der Waals surface area (Å²) in [5, 5.41) is 3.60. The average Bonchev–Trinajstić information content (AvgIpc) is 2.48. The molecule has 0 aromatic carbocycles. The molecule has 19 heavy (non-hydrogen) atoms. The van der Waals surface area contributed by atoms with Gasteiger partial charge in [0, 0.05) is 0 Å². The van der Waals surface area contributed by atoms with E-state index in [-0.39, 0.29) is 0 Å². The molecule has 1 aliphatic rings. The van der Waals surface area contributed by atoms with E-state index in [1.54, 1.807) is 0 Å². The first-order valence-corrected chi connectivity index (χ1v) is 15.9. The van der Waals surface area contributed by atoms with Gasteiger partial charge in [-0.05, 0) is 0 Å². The number of hydrogen-bond acceptors (Lipinski definition) is 2. The van der Waals surface area contributed by atoms with Crippen molar-refractivity contribution in [3.05, 3.63) is 12.3 Å². The zero-order chi connectivity index (χ0) is 14.0. The molecule has 1 unspecified atom stereocenters. The molecule has 110 valence electrons. The van der Waals surface area contributed by atoms with Crippen molar-refractivity contribution in [1.82, 2.24) is 5.32 Å². The molecule has 0 amide bonds. The van der Waals surface area contributed by atoms with E-state index in [2.05, 4.69) is 32.3 Å². The number of nitrogens with one attached hydrogen (secondary N) is 1. The molecule has 0 aliphatic carbocycles. The second-order valence-corrected chi connectivity index (χ2v) is 19.5. The minimum absolute atomic E-state index is 0.504. The maximum atomic E-state index is 4.83. The SMILES string of the molecule is CCC[CH2][Sn]([CH2]CCC)([CH2]CCC)[CH]1N=CC=CN1. The Morgan fingerprint density at radius 3 is 1.84 bits per heavy atom. The second-order valence-electron chi connectivity index (χ2n) is 5.90. The molecule has 3 heteroatoms. The Morgan fingerprint density at radius 2 is 1.47 bits per heavy atom. The van der Waals surface area contributed by atoms with Crippen LogP contribution in [0, 0.1) is 0 Å². The number of hydrogen-bond donors (Lipinski definition) is 1. The third-order valence-electron chi connectivity index (χ3n) is 4.34. The summed E-state index contributed by atoms with van der Waals surface area (Å²) in [6.45, 7) is 6.98. The van der Waals surface area contributed by atoms with Gasteiger partial charge in [0.05, 0.1) is 0 Å². The van der Waals surface area contributed by atoms with Gasteiger partial charge >= 0.3 is 124 Å². The molecule has 1 heterocycles. The Hall–Kier alpha value is 0.00870. The van der Waals surface area contributed by atoms with E-state index in [1.807, 2.05) is 12.3 Å². The fourth-order valence-electron chi connectivity index (χ4n) is 3.08. The summed E-state index contributed by atoms with van der Waals surface area (Å²) in [6, 6.07) is 0. The summed E-state index contributed by atoms with van der Waals surface area (Å²) in [5.41, 5.74) is 0. The molecule has 1 atom stereocenters. The van der Waals surface area contributed by atoms with E-state index in [0.717, 1.165) is 0 Å². The van der Waals surface area contributed by atoms with E-state index in [4.69, 9.17) is 4.99 Å². The number of allylic oxidation sites excluding steroid dienone is 1. The Kier molecular flexibility index (Phi) is 8.84. The molecular formula is C16H32N2Sn. The average molecular weight is 371 g/mol. The van der Waals surface area contributed by atoms with Crippen LogP contribution in [-0.4, -0.2) is 28.8 Å². The van der Waals surface area contributed by atoms with Gasteiger partial charge in [-0.2, -0.15) is 0 Å². The van der Waals surface area contributed by atoms with Crippen molar-refractivity contribution in [2.24, 2.45) is 4.99 Å². The van der Waals surface area contributed by atoms with Crippen molar-refractivity contribution >= 4 is 24.6 Å². The predicted molar refractivity (Wildman–Crippen MR) is 89.5 cm³/mol. The van der Waals surface area contributed by atoms with Crippen LogP contribution in [0.15, 0.2) is 17.3 Å².